The first-order valence-corrected chi connectivity index (χ1v) is 5.07. The van der Waals surface area contributed by atoms with Crippen LogP contribution in [0.15, 0.2) is 23.1 Å². The van der Waals surface area contributed by atoms with Gasteiger partial charge < -0.3 is 4.57 Å². The largest absolute Gasteiger partial charge is 0.315 e. The van der Waals surface area contributed by atoms with Gasteiger partial charge in [-0.3, -0.25) is 0 Å². The number of hydrogen-bond acceptors (Lipinski definition) is 2. The van der Waals surface area contributed by atoms with Crippen molar-refractivity contribution < 1.29 is 0 Å². The molecule has 0 aliphatic heterocycles. The summed E-state index contributed by atoms with van der Waals surface area (Å²) in [4.78, 5) is 8.58. The summed E-state index contributed by atoms with van der Waals surface area (Å²) in [7, 11) is 0. The maximum atomic E-state index is 4.31. The van der Waals surface area contributed by atoms with Gasteiger partial charge in [0.05, 0.1) is 6.33 Å². The van der Waals surface area contributed by atoms with Gasteiger partial charge >= 0.3 is 0 Å². The lowest BCUT2D eigenvalue weighted by Crippen LogP contribution is -1.95. The number of hydrogen-bond donors (Lipinski definition) is 0. The van der Waals surface area contributed by atoms with Crippen molar-refractivity contribution in [2.45, 2.75) is 19.9 Å². The number of nitrogens with zero attached hydrogens (tertiary/aromatic N) is 3. The summed E-state index contributed by atoms with van der Waals surface area (Å²) < 4.78 is 3.05. The van der Waals surface area contributed by atoms with E-state index < -0.39 is 0 Å². The zero-order valence-electron chi connectivity index (χ0n) is 7.37. The number of aromatic nitrogens is 3. The molecule has 3 nitrogen and oxygen atoms in total. The molecule has 0 amide bonds. The maximum absolute atomic E-state index is 4.31. The van der Waals surface area contributed by atoms with Crippen molar-refractivity contribution >= 4 is 27.1 Å². The maximum Gasteiger partial charge on any atom is 0.159 e. The van der Waals surface area contributed by atoms with Crippen molar-refractivity contribution in [2.75, 3.05) is 0 Å². The van der Waals surface area contributed by atoms with Crippen LogP contribution in [0, 0.1) is 0 Å². The Labute approximate surface area is 84.9 Å². The van der Waals surface area contributed by atoms with Gasteiger partial charge in [0.15, 0.2) is 5.65 Å². The van der Waals surface area contributed by atoms with Crippen LogP contribution >= 0.6 is 15.9 Å². The van der Waals surface area contributed by atoms with Crippen molar-refractivity contribution in [2.24, 2.45) is 0 Å². The molecule has 0 saturated heterocycles. The molecule has 4 heteroatoms. The molecule has 0 atom stereocenters. The lowest BCUT2D eigenvalue weighted by Gasteiger charge is -1.99. The highest BCUT2D eigenvalue weighted by molar-refractivity contribution is 9.10. The minimum atomic E-state index is 0.947. The van der Waals surface area contributed by atoms with Gasteiger partial charge in [0, 0.05) is 17.2 Å². The van der Waals surface area contributed by atoms with Crippen molar-refractivity contribution in [1.29, 1.82) is 0 Å². The van der Waals surface area contributed by atoms with E-state index in [1.54, 1.807) is 6.20 Å². The standard InChI is InChI=1S/C9H10BrN3/c1-2-3-13-6-12-8-4-7(10)5-11-9(8)13/h4-6H,2-3H2,1H3. The molecule has 0 aliphatic rings. The average Bonchev–Trinajstić information content (AvgIpc) is 2.49. The van der Waals surface area contributed by atoms with Crippen molar-refractivity contribution in [3.63, 3.8) is 0 Å². The Bertz CT molecular complexity index is 422. The Morgan fingerprint density at radius 2 is 2.31 bits per heavy atom. The second-order valence-electron chi connectivity index (χ2n) is 2.93. The van der Waals surface area contributed by atoms with Crippen LogP contribution in [0.2, 0.25) is 0 Å². The van der Waals surface area contributed by atoms with Gasteiger partial charge in [-0.1, -0.05) is 6.92 Å². The highest BCUT2D eigenvalue weighted by Crippen LogP contribution is 2.15. The summed E-state index contributed by atoms with van der Waals surface area (Å²) in [6, 6.07) is 1.98. The normalized spacial score (nSPS) is 10.9. The molecule has 0 fully saturated rings. The third-order valence-corrected chi connectivity index (χ3v) is 2.32. The van der Waals surface area contributed by atoms with E-state index in [1.807, 2.05) is 12.4 Å². The van der Waals surface area contributed by atoms with Gasteiger partial charge in [-0.2, -0.15) is 0 Å². The number of fused-ring (bicyclic) bond motifs is 1. The van der Waals surface area contributed by atoms with E-state index in [0.29, 0.717) is 0 Å². The van der Waals surface area contributed by atoms with Crippen LogP contribution in [0.1, 0.15) is 13.3 Å². The Balaban J connectivity index is 2.55. The monoisotopic (exact) mass is 239 g/mol. The molecule has 68 valence electrons. The lowest BCUT2D eigenvalue weighted by atomic mass is 10.4. The van der Waals surface area contributed by atoms with Crippen LogP contribution in [-0.4, -0.2) is 14.5 Å². The van der Waals surface area contributed by atoms with E-state index in [2.05, 4.69) is 37.4 Å². The fraction of sp³-hybridized carbons (Fsp3) is 0.333. The van der Waals surface area contributed by atoms with Gasteiger partial charge in [0.25, 0.3) is 0 Å². The molecule has 2 heterocycles. The molecule has 0 bridgehead atoms. The zero-order valence-corrected chi connectivity index (χ0v) is 8.95. The van der Waals surface area contributed by atoms with Crippen LogP contribution in [0.3, 0.4) is 0 Å². The fourth-order valence-corrected chi connectivity index (χ4v) is 1.65. The van der Waals surface area contributed by atoms with Gasteiger partial charge in [-0.15, -0.1) is 0 Å². The molecule has 2 rings (SSSR count). The van der Waals surface area contributed by atoms with Gasteiger partial charge in [-0.25, -0.2) is 9.97 Å². The van der Waals surface area contributed by atoms with Crippen LogP contribution in [0.5, 0.6) is 0 Å². The smallest absolute Gasteiger partial charge is 0.159 e. The highest BCUT2D eigenvalue weighted by Gasteiger charge is 2.02. The molecule has 0 radical (unpaired) electrons. The summed E-state index contributed by atoms with van der Waals surface area (Å²) in [5, 5.41) is 0. The third kappa shape index (κ3) is 1.58. The van der Waals surface area contributed by atoms with Crippen LogP contribution < -0.4 is 0 Å². The van der Waals surface area contributed by atoms with Crippen LogP contribution in [-0.2, 0) is 6.54 Å². The summed E-state index contributed by atoms with van der Waals surface area (Å²) >= 11 is 3.37. The van der Waals surface area contributed by atoms with Crippen LogP contribution in [0.25, 0.3) is 11.2 Å². The number of imidazole rings is 1. The van der Waals surface area contributed by atoms with E-state index in [4.69, 9.17) is 0 Å². The second kappa shape index (κ2) is 3.46. The van der Waals surface area contributed by atoms with E-state index in [1.165, 1.54) is 0 Å². The minimum absolute atomic E-state index is 0.947. The van der Waals surface area contributed by atoms with Crippen LogP contribution in [0.4, 0.5) is 0 Å². The highest BCUT2D eigenvalue weighted by atomic mass is 79.9. The van der Waals surface area contributed by atoms with Gasteiger partial charge in [0.1, 0.15) is 5.52 Å². The summed E-state index contributed by atoms with van der Waals surface area (Å²) in [5.74, 6) is 0. The van der Waals surface area contributed by atoms with Gasteiger partial charge in [0.2, 0.25) is 0 Å². The summed E-state index contributed by atoms with van der Waals surface area (Å²) in [5.41, 5.74) is 1.91. The molecule has 0 saturated carbocycles. The first-order chi connectivity index (χ1) is 6.31. The lowest BCUT2D eigenvalue weighted by molar-refractivity contribution is 0.691. The van der Waals surface area contributed by atoms with Crippen molar-refractivity contribution in [1.82, 2.24) is 14.5 Å². The first kappa shape index (κ1) is 8.69. The number of halogens is 1. The molecule has 0 unspecified atom stereocenters. The molecular weight excluding hydrogens is 230 g/mol. The Morgan fingerprint density at radius 3 is 3.08 bits per heavy atom. The van der Waals surface area contributed by atoms with E-state index in [9.17, 15) is 0 Å². The summed E-state index contributed by atoms with van der Waals surface area (Å²) in [6.07, 6.45) is 4.74. The minimum Gasteiger partial charge on any atom is -0.315 e. The fourth-order valence-electron chi connectivity index (χ4n) is 1.33. The molecule has 0 spiro atoms. The predicted octanol–water partition coefficient (Wildman–Crippen LogP) is 2.60. The average molecular weight is 240 g/mol. The van der Waals surface area contributed by atoms with Gasteiger partial charge in [-0.05, 0) is 28.4 Å². The molecular formula is C9H10BrN3. The van der Waals surface area contributed by atoms with E-state index in [-0.39, 0.29) is 0 Å². The predicted molar refractivity (Wildman–Crippen MR) is 55.5 cm³/mol. The number of aryl methyl sites for hydroxylation is 1. The second-order valence-corrected chi connectivity index (χ2v) is 3.85. The van der Waals surface area contributed by atoms with Crippen molar-refractivity contribution in [3.05, 3.63) is 23.1 Å². The molecule has 2 aromatic rings. The first-order valence-electron chi connectivity index (χ1n) is 4.27. The Hall–Kier alpha value is -0.900. The summed E-state index contributed by atoms with van der Waals surface area (Å²) in [6.45, 7) is 3.12. The molecule has 0 aliphatic carbocycles. The Morgan fingerprint density at radius 1 is 1.46 bits per heavy atom. The zero-order chi connectivity index (χ0) is 9.26. The number of rotatable bonds is 2. The number of pyridine rings is 1. The van der Waals surface area contributed by atoms with E-state index in [0.717, 1.165) is 28.6 Å². The molecule has 0 aromatic carbocycles. The molecule has 0 N–H and O–H groups in total. The molecule has 2 aromatic heterocycles. The van der Waals surface area contributed by atoms with E-state index >= 15 is 0 Å². The quantitative estimate of drug-likeness (QED) is 0.807. The third-order valence-electron chi connectivity index (χ3n) is 1.89. The molecule has 13 heavy (non-hydrogen) atoms. The van der Waals surface area contributed by atoms with Crippen molar-refractivity contribution in [3.8, 4) is 0 Å². The SMILES string of the molecule is CCCn1cnc2cc(Br)cnc21. The Kier molecular flexibility index (Phi) is 2.31. The topological polar surface area (TPSA) is 30.7 Å².